The summed E-state index contributed by atoms with van der Waals surface area (Å²) < 4.78 is 7.54. The molecule has 1 fully saturated rings. The Bertz CT molecular complexity index is 639. The molecule has 5 heteroatoms. The van der Waals surface area contributed by atoms with E-state index in [1.54, 1.807) is 6.20 Å². The van der Waals surface area contributed by atoms with Gasteiger partial charge in [0.1, 0.15) is 0 Å². The van der Waals surface area contributed by atoms with Crippen LogP contribution in [0.25, 0.3) is 5.69 Å². The molecule has 23 heavy (non-hydrogen) atoms. The zero-order valence-electron chi connectivity index (χ0n) is 13.4. The summed E-state index contributed by atoms with van der Waals surface area (Å²) in [5.74, 6) is 0.0532. The Labute approximate surface area is 136 Å². The summed E-state index contributed by atoms with van der Waals surface area (Å²) in [6, 6.07) is 9.87. The van der Waals surface area contributed by atoms with Gasteiger partial charge in [0.15, 0.2) is 0 Å². The van der Waals surface area contributed by atoms with Crippen molar-refractivity contribution in [1.82, 2.24) is 15.1 Å². The Morgan fingerprint density at radius 1 is 1.39 bits per heavy atom. The fraction of sp³-hybridized carbons (Fsp3) is 0.444. The van der Waals surface area contributed by atoms with Gasteiger partial charge in [-0.2, -0.15) is 5.10 Å². The molecule has 1 N–H and O–H groups in total. The van der Waals surface area contributed by atoms with E-state index < -0.39 is 0 Å². The number of rotatable bonds is 5. The van der Waals surface area contributed by atoms with Crippen LogP contribution in [0.1, 0.15) is 31.7 Å². The third-order valence-electron chi connectivity index (χ3n) is 4.38. The fourth-order valence-electron chi connectivity index (χ4n) is 3.15. The Hall–Kier alpha value is -2.14. The van der Waals surface area contributed by atoms with Crippen molar-refractivity contribution in [3.05, 3.63) is 48.3 Å². The van der Waals surface area contributed by atoms with Crippen LogP contribution in [0.4, 0.5) is 0 Å². The third-order valence-corrected chi connectivity index (χ3v) is 4.38. The monoisotopic (exact) mass is 313 g/mol. The summed E-state index contributed by atoms with van der Waals surface area (Å²) in [7, 11) is 0. The summed E-state index contributed by atoms with van der Waals surface area (Å²) in [4.78, 5) is 12.5. The van der Waals surface area contributed by atoms with Crippen LogP contribution in [0.5, 0.6) is 0 Å². The van der Waals surface area contributed by atoms with E-state index in [0.29, 0.717) is 6.54 Å². The molecule has 1 aliphatic rings. The first-order valence-corrected chi connectivity index (χ1v) is 8.27. The molecule has 2 atom stereocenters. The van der Waals surface area contributed by atoms with Crippen molar-refractivity contribution in [3.63, 3.8) is 0 Å². The molecule has 2 aromatic rings. The van der Waals surface area contributed by atoms with Crippen molar-refractivity contribution in [3.8, 4) is 5.69 Å². The highest BCUT2D eigenvalue weighted by molar-refractivity contribution is 5.79. The average Bonchev–Trinajstić information content (AvgIpc) is 3.14. The molecule has 0 bridgehead atoms. The molecule has 0 spiro atoms. The minimum absolute atomic E-state index is 0.0365. The largest absolute Gasteiger partial charge is 0.377 e. The van der Waals surface area contributed by atoms with Crippen LogP contribution in [0.2, 0.25) is 0 Å². The Morgan fingerprint density at radius 3 is 3.04 bits per heavy atom. The van der Waals surface area contributed by atoms with Gasteiger partial charge in [0.25, 0.3) is 0 Å². The normalized spacial score (nSPS) is 21.1. The second-order valence-corrected chi connectivity index (χ2v) is 5.86. The number of carbonyl (C=O) groups is 1. The van der Waals surface area contributed by atoms with Crippen LogP contribution in [0, 0.1) is 5.92 Å². The van der Waals surface area contributed by atoms with Gasteiger partial charge < -0.3 is 10.1 Å². The quantitative estimate of drug-likeness (QED) is 0.923. The summed E-state index contributed by atoms with van der Waals surface area (Å²) in [5.41, 5.74) is 2.04. The Kier molecular flexibility index (Phi) is 5.08. The van der Waals surface area contributed by atoms with Gasteiger partial charge in [0.2, 0.25) is 5.91 Å². The summed E-state index contributed by atoms with van der Waals surface area (Å²) in [5, 5.41) is 7.35. The number of carbonyl (C=O) groups excluding carboxylic acids is 1. The number of benzene rings is 1. The maximum absolute atomic E-state index is 12.5. The number of hydrogen-bond acceptors (Lipinski definition) is 3. The first-order valence-electron chi connectivity index (χ1n) is 8.27. The molecule has 0 radical (unpaired) electrons. The topological polar surface area (TPSA) is 56.1 Å². The predicted molar refractivity (Wildman–Crippen MR) is 88.2 cm³/mol. The highest BCUT2D eigenvalue weighted by Gasteiger charge is 2.30. The number of aromatic nitrogens is 2. The number of nitrogens with one attached hydrogen (secondary N) is 1. The molecule has 1 aromatic carbocycles. The molecule has 0 saturated carbocycles. The first kappa shape index (κ1) is 15.7. The highest BCUT2D eigenvalue weighted by atomic mass is 16.5. The van der Waals surface area contributed by atoms with Gasteiger partial charge in [-0.1, -0.05) is 25.1 Å². The van der Waals surface area contributed by atoms with E-state index in [4.69, 9.17) is 4.74 Å². The zero-order chi connectivity index (χ0) is 16.1. The third kappa shape index (κ3) is 3.62. The van der Waals surface area contributed by atoms with E-state index in [-0.39, 0.29) is 17.9 Å². The number of amides is 1. The van der Waals surface area contributed by atoms with E-state index in [0.717, 1.165) is 37.1 Å². The van der Waals surface area contributed by atoms with E-state index >= 15 is 0 Å². The summed E-state index contributed by atoms with van der Waals surface area (Å²) >= 11 is 0. The molecule has 1 saturated heterocycles. The minimum atomic E-state index is -0.0365. The molecule has 0 aliphatic carbocycles. The number of nitrogens with zero attached hydrogens (tertiary/aromatic N) is 2. The molecule has 1 aliphatic heterocycles. The van der Waals surface area contributed by atoms with Crippen LogP contribution < -0.4 is 5.32 Å². The minimum Gasteiger partial charge on any atom is -0.377 e. The van der Waals surface area contributed by atoms with Crippen molar-refractivity contribution >= 4 is 5.91 Å². The standard InChI is InChI=1S/C18H23N3O2/c1-2-17-15(8-5-12-23-17)18(22)19-13-14-7-3-4-9-16(14)21-11-6-10-20-21/h3-4,6-7,9-11,15,17H,2,5,8,12-13H2,1H3,(H,19,22)/t15-,17+/m1/s1. The zero-order valence-corrected chi connectivity index (χ0v) is 13.4. The van der Waals surface area contributed by atoms with Gasteiger partial charge in [0.05, 0.1) is 17.7 Å². The van der Waals surface area contributed by atoms with Gasteiger partial charge in [-0.05, 0) is 37.0 Å². The van der Waals surface area contributed by atoms with Gasteiger partial charge in [-0.3, -0.25) is 4.79 Å². The summed E-state index contributed by atoms with van der Waals surface area (Å²) in [6.45, 7) is 3.34. The molecular formula is C18H23N3O2. The lowest BCUT2D eigenvalue weighted by Crippen LogP contribution is -2.41. The van der Waals surface area contributed by atoms with Crippen molar-refractivity contribution < 1.29 is 9.53 Å². The molecule has 122 valence electrons. The van der Waals surface area contributed by atoms with E-state index in [9.17, 15) is 4.79 Å². The van der Waals surface area contributed by atoms with Crippen LogP contribution in [0.15, 0.2) is 42.7 Å². The van der Waals surface area contributed by atoms with Gasteiger partial charge in [-0.25, -0.2) is 4.68 Å². The highest BCUT2D eigenvalue weighted by Crippen LogP contribution is 2.23. The van der Waals surface area contributed by atoms with Crippen LogP contribution in [-0.2, 0) is 16.1 Å². The molecule has 3 rings (SSSR count). The van der Waals surface area contributed by atoms with Crippen molar-refractivity contribution in [2.75, 3.05) is 6.61 Å². The summed E-state index contributed by atoms with van der Waals surface area (Å²) in [6.07, 6.45) is 6.44. The van der Waals surface area contributed by atoms with E-state index in [1.165, 1.54) is 0 Å². The average molecular weight is 313 g/mol. The van der Waals surface area contributed by atoms with Gasteiger partial charge in [-0.15, -0.1) is 0 Å². The van der Waals surface area contributed by atoms with Crippen LogP contribution in [-0.4, -0.2) is 28.4 Å². The maximum atomic E-state index is 12.5. The molecule has 1 aromatic heterocycles. The molecule has 1 amide bonds. The maximum Gasteiger partial charge on any atom is 0.226 e. The van der Waals surface area contributed by atoms with Gasteiger partial charge in [0, 0.05) is 25.5 Å². The molecular weight excluding hydrogens is 290 g/mol. The molecule has 0 unspecified atom stereocenters. The Morgan fingerprint density at radius 2 is 2.26 bits per heavy atom. The first-order chi connectivity index (χ1) is 11.3. The van der Waals surface area contributed by atoms with Crippen molar-refractivity contribution in [1.29, 1.82) is 0 Å². The van der Waals surface area contributed by atoms with Gasteiger partial charge >= 0.3 is 0 Å². The van der Waals surface area contributed by atoms with Crippen molar-refractivity contribution in [2.24, 2.45) is 5.92 Å². The SMILES string of the molecule is CC[C@@H]1OCCC[C@H]1C(=O)NCc1ccccc1-n1cccn1. The second-order valence-electron chi connectivity index (χ2n) is 5.86. The number of ether oxygens (including phenoxy) is 1. The Balaban J connectivity index is 1.68. The number of para-hydroxylation sites is 1. The molecule has 2 heterocycles. The lowest BCUT2D eigenvalue weighted by Gasteiger charge is -2.30. The van der Waals surface area contributed by atoms with Crippen LogP contribution >= 0.6 is 0 Å². The number of hydrogen-bond donors (Lipinski definition) is 1. The van der Waals surface area contributed by atoms with E-state index in [1.807, 2.05) is 41.2 Å². The van der Waals surface area contributed by atoms with Crippen molar-refractivity contribution in [2.45, 2.75) is 38.8 Å². The predicted octanol–water partition coefficient (Wildman–Crippen LogP) is 2.69. The van der Waals surface area contributed by atoms with Crippen LogP contribution in [0.3, 0.4) is 0 Å². The molecule has 5 nitrogen and oxygen atoms in total. The lowest BCUT2D eigenvalue weighted by atomic mass is 9.92. The lowest BCUT2D eigenvalue weighted by molar-refractivity contribution is -0.134. The smallest absolute Gasteiger partial charge is 0.226 e. The second kappa shape index (κ2) is 7.42. The van der Waals surface area contributed by atoms with E-state index in [2.05, 4.69) is 17.3 Å². The fourth-order valence-corrected chi connectivity index (χ4v) is 3.15.